The summed E-state index contributed by atoms with van der Waals surface area (Å²) in [6, 6.07) is 5.61. The van der Waals surface area contributed by atoms with E-state index in [4.69, 9.17) is 11.6 Å². The predicted octanol–water partition coefficient (Wildman–Crippen LogP) is 2.14. The van der Waals surface area contributed by atoms with E-state index >= 15 is 0 Å². The van der Waals surface area contributed by atoms with Crippen molar-refractivity contribution in [3.63, 3.8) is 0 Å². The van der Waals surface area contributed by atoms with Gasteiger partial charge >= 0.3 is 0 Å². The number of hydrazine groups is 1. The molecule has 4 nitrogen and oxygen atoms in total. The third-order valence-corrected chi connectivity index (χ3v) is 4.74. The summed E-state index contributed by atoms with van der Waals surface area (Å²) >= 11 is 5.03. The van der Waals surface area contributed by atoms with Gasteiger partial charge in [-0.05, 0) is 34.1 Å². The molecule has 1 aromatic carbocycles. The van der Waals surface area contributed by atoms with Gasteiger partial charge in [-0.3, -0.25) is 10.2 Å². The maximum atomic E-state index is 11.5. The predicted molar refractivity (Wildman–Crippen MR) is 75.4 cm³/mol. The number of amides is 1. The zero-order valence-corrected chi connectivity index (χ0v) is 12.2. The lowest BCUT2D eigenvalue weighted by Crippen LogP contribution is -2.42. The van der Waals surface area contributed by atoms with Crippen molar-refractivity contribution in [2.24, 2.45) is 11.3 Å². The minimum Gasteiger partial charge on any atom is -0.399 e. The molecule has 0 aromatic heterocycles. The van der Waals surface area contributed by atoms with Gasteiger partial charge in [0.25, 0.3) is 0 Å². The quantitative estimate of drug-likeness (QED) is 0.261. The van der Waals surface area contributed by atoms with Gasteiger partial charge in [0.1, 0.15) is 0 Å². The Morgan fingerprint density at radius 1 is 1.53 bits per heavy atom. The lowest BCUT2D eigenvalue weighted by Gasteiger charge is -2.21. The van der Waals surface area contributed by atoms with E-state index in [1.807, 2.05) is 32.0 Å². The molecule has 1 amide bonds. The van der Waals surface area contributed by atoms with Crippen molar-refractivity contribution in [1.29, 1.82) is 0 Å². The van der Waals surface area contributed by atoms with Gasteiger partial charge in [0.15, 0.2) is 0 Å². The van der Waals surface area contributed by atoms with Crippen LogP contribution in [0.1, 0.15) is 13.8 Å². The third kappa shape index (κ3) is 3.90. The second-order valence-electron chi connectivity index (χ2n) is 4.34. The topological polar surface area (TPSA) is 81.1 Å². The summed E-state index contributed by atoms with van der Waals surface area (Å²) < 4.78 is 0.937. The molecule has 0 saturated carbocycles. The lowest BCUT2D eigenvalue weighted by molar-refractivity contribution is -0.128. The summed E-state index contributed by atoms with van der Waals surface area (Å²) in [5, 5.41) is 0. The number of benzene rings is 1. The van der Waals surface area contributed by atoms with Crippen molar-refractivity contribution in [2.45, 2.75) is 18.7 Å². The summed E-state index contributed by atoms with van der Waals surface area (Å²) in [5.41, 5.74) is 8.04. The average Bonchev–Trinajstić information content (AvgIpc) is 2.26. The Morgan fingerprint density at radius 2 is 2.18 bits per heavy atom. The molecule has 6 heteroatoms. The van der Waals surface area contributed by atoms with Crippen LogP contribution in [0.4, 0.5) is 5.69 Å². The Kier molecular flexibility index (Phi) is 4.85. The van der Waals surface area contributed by atoms with Gasteiger partial charge in [-0.15, -0.1) is 11.8 Å². The molecule has 0 aliphatic rings. The van der Waals surface area contributed by atoms with Gasteiger partial charge in [0.05, 0.1) is 5.41 Å². The fraction of sp³-hybridized carbons (Fsp3) is 0.364. The first kappa shape index (κ1) is 14.3. The largest absolute Gasteiger partial charge is 0.399 e. The standard InChI is InChI=1S/C11H16BrN3OS/c1-11(2,10(16)15-14)6-17-9-4-3-7(13)5-8(9)12/h3-5H,6,13-14H2,1-2H3,(H,15,16). The SMILES string of the molecule is CC(C)(CSc1ccc(N)cc1Br)C(=O)NN. The van der Waals surface area contributed by atoms with Crippen molar-refractivity contribution < 1.29 is 4.79 Å². The molecular formula is C11H16BrN3OS. The molecule has 0 bridgehead atoms. The number of nitrogens with one attached hydrogen (secondary N) is 1. The van der Waals surface area contributed by atoms with Crippen LogP contribution in [-0.2, 0) is 4.79 Å². The molecule has 0 atom stereocenters. The summed E-state index contributed by atoms with van der Waals surface area (Å²) in [6.07, 6.45) is 0. The number of nitrogens with two attached hydrogens (primary N) is 2. The Labute approximate surface area is 114 Å². The van der Waals surface area contributed by atoms with Crippen molar-refractivity contribution in [2.75, 3.05) is 11.5 Å². The number of halogens is 1. The minimum absolute atomic E-state index is 0.170. The highest BCUT2D eigenvalue weighted by molar-refractivity contribution is 9.10. The Morgan fingerprint density at radius 3 is 2.71 bits per heavy atom. The van der Waals surface area contributed by atoms with E-state index in [-0.39, 0.29) is 5.91 Å². The lowest BCUT2D eigenvalue weighted by atomic mass is 9.96. The molecule has 0 aliphatic heterocycles. The Balaban J connectivity index is 2.70. The molecule has 1 rings (SSSR count). The monoisotopic (exact) mass is 317 g/mol. The smallest absolute Gasteiger partial charge is 0.240 e. The van der Waals surface area contributed by atoms with Crippen molar-refractivity contribution in [3.8, 4) is 0 Å². The third-order valence-electron chi connectivity index (χ3n) is 2.29. The van der Waals surface area contributed by atoms with Gasteiger partial charge in [0.2, 0.25) is 5.91 Å². The number of carbonyl (C=O) groups is 1. The van der Waals surface area contributed by atoms with E-state index < -0.39 is 5.41 Å². The highest BCUT2D eigenvalue weighted by Crippen LogP contribution is 2.33. The van der Waals surface area contributed by atoms with Crippen LogP contribution in [0.3, 0.4) is 0 Å². The van der Waals surface area contributed by atoms with Crippen molar-refractivity contribution >= 4 is 39.3 Å². The van der Waals surface area contributed by atoms with Crippen LogP contribution in [-0.4, -0.2) is 11.7 Å². The van der Waals surface area contributed by atoms with Gasteiger partial charge in [-0.1, -0.05) is 13.8 Å². The molecule has 0 heterocycles. The van der Waals surface area contributed by atoms with E-state index in [0.29, 0.717) is 11.4 Å². The van der Waals surface area contributed by atoms with Crippen LogP contribution in [0.5, 0.6) is 0 Å². The van der Waals surface area contributed by atoms with Gasteiger partial charge in [0, 0.05) is 20.8 Å². The van der Waals surface area contributed by atoms with E-state index in [1.54, 1.807) is 11.8 Å². The Bertz CT molecular complexity index is 423. The van der Waals surface area contributed by atoms with E-state index in [0.717, 1.165) is 9.37 Å². The minimum atomic E-state index is -0.514. The number of carbonyl (C=O) groups excluding carboxylic acids is 1. The molecule has 0 spiro atoms. The van der Waals surface area contributed by atoms with Gasteiger partial charge in [-0.2, -0.15) is 0 Å². The van der Waals surface area contributed by atoms with Crippen LogP contribution >= 0.6 is 27.7 Å². The number of hydrogen-bond acceptors (Lipinski definition) is 4. The molecule has 0 aliphatic carbocycles. The maximum Gasteiger partial charge on any atom is 0.240 e. The zero-order valence-electron chi connectivity index (χ0n) is 9.79. The van der Waals surface area contributed by atoms with E-state index in [2.05, 4.69) is 21.4 Å². The van der Waals surface area contributed by atoms with E-state index in [1.165, 1.54) is 0 Å². The molecular weight excluding hydrogens is 302 g/mol. The first-order valence-corrected chi connectivity index (χ1v) is 6.83. The Hall–Kier alpha value is -0.720. The molecule has 0 fully saturated rings. The zero-order chi connectivity index (χ0) is 13.1. The number of anilines is 1. The maximum absolute atomic E-state index is 11.5. The van der Waals surface area contributed by atoms with Crippen LogP contribution in [0.25, 0.3) is 0 Å². The molecule has 17 heavy (non-hydrogen) atoms. The normalized spacial score (nSPS) is 11.3. The number of rotatable bonds is 4. The molecule has 5 N–H and O–H groups in total. The second-order valence-corrected chi connectivity index (χ2v) is 6.21. The molecule has 0 unspecified atom stereocenters. The number of nitrogen functional groups attached to an aromatic ring is 1. The highest BCUT2D eigenvalue weighted by atomic mass is 79.9. The van der Waals surface area contributed by atoms with Crippen LogP contribution in [0.2, 0.25) is 0 Å². The fourth-order valence-corrected chi connectivity index (χ4v) is 2.90. The first-order chi connectivity index (χ1) is 7.86. The summed E-state index contributed by atoms with van der Waals surface area (Å²) in [5.74, 6) is 5.61. The second kappa shape index (κ2) is 5.75. The molecule has 94 valence electrons. The molecule has 0 saturated heterocycles. The van der Waals surface area contributed by atoms with Crippen LogP contribution in [0.15, 0.2) is 27.6 Å². The average molecular weight is 318 g/mol. The first-order valence-electron chi connectivity index (χ1n) is 5.05. The van der Waals surface area contributed by atoms with Crippen LogP contribution in [0, 0.1) is 5.41 Å². The number of hydrogen-bond donors (Lipinski definition) is 3. The van der Waals surface area contributed by atoms with Gasteiger partial charge < -0.3 is 5.73 Å². The summed E-state index contributed by atoms with van der Waals surface area (Å²) in [6.45, 7) is 3.71. The van der Waals surface area contributed by atoms with E-state index in [9.17, 15) is 4.79 Å². The summed E-state index contributed by atoms with van der Waals surface area (Å²) in [7, 11) is 0. The van der Waals surface area contributed by atoms with Crippen molar-refractivity contribution in [3.05, 3.63) is 22.7 Å². The van der Waals surface area contributed by atoms with Crippen molar-refractivity contribution in [1.82, 2.24) is 5.43 Å². The highest BCUT2D eigenvalue weighted by Gasteiger charge is 2.27. The summed E-state index contributed by atoms with van der Waals surface area (Å²) in [4.78, 5) is 12.6. The fourth-order valence-electron chi connectivity index (χ4n) is 1.15. The van der Waals surface area contributed by atoms with Gasteiger partial charge in [-0.25, -0.2) is 5.84 Å². The molecule has 1 aromatic rings. The van der Waals surface area contributed by atoms with Crippen LogP contribution < -0.4 is 17.0 Å². The number of thioether (sulfide) groups is 1. The molecule has 0 radical (unpaired) electrons.